The van der Waals surface area contributed by atoms with Crippen LogP contribution in [0.5, 0.6) is 0 Å². The second-order valence-corrected chi connectivity index (χ2v) is 7.69. The van der Waals surface area contributed by atoms with Crippen molar-refractivity contribution in [2.45, 2.75) is 56.7 Å². The van der Waals surface area contributed by atoms with Gasteiger partial charge in [0.05, 0.1) is 19.3 Å². The summed E-state index contributed by atoms with van der Waals surface area (Å²) >= 11 is 0. The van der Waals surface area contributed by atoms with E-state index in [-0.39, 0.29) is 128 Å². The fourth-order valence-electron chi connectivity index (χ4n) is 2.30. The van der Waals surface area contributed by atoms with Gasteiger partial charge in [-0.05, 0) is 0 Å². The molecular weight excluding hydrogens is 651 g/mol. The maximum Gasteiger partial charge on any atom is 1.00 e. The van der Waals surface area contributed by atoms with E-state index in [0.29, 0.717) is 0 Å². The minimum absolute atomic E-state index is 0. The first-order valence-corrected chi connectivity index (χ1v) is 11.4. The minimum atomic E-state index is -1.50. The van der Waals surface area contributed by atoms with Crippen LogP contribution < -0.4 is 120 Å². The zero-order valence-electron chi connectivity index (χ0n) is 24.7. The zero-order chi connectivity index (χ0) is 33.4. The SMILES string of the molecule is O=C([O-])C[C@H](NCCC(=O)O)C(=O)O.O=C([O-])C[C@H](NCCC(=O)O)C(=O)O.O=C([O-])C[C@H](NCCC(=O)O)C(=O)O.[Na+].[Na+].[Na+]. The number of carboxylic acids is 9. The quantitative estimate of drug-likeness (QED) is 0.0508. The molecule has 0 aromatic carbocycles. The Bertz CT molecular complexity index is 850. The van der Waals surface area contributed by atoms with Crippen molar-refractivity contribution in [2.75, 3.05) is 19.6 Å². The van der Waals surface area contributed by atoms with Crippen LogP contribution in [0.25, 0.3) is 0 Å². The molecular formula is C21H30N3Na3O18. The van der Waals surface area contributed by atoms with Gasteiger partial charge in [-0.3, -0.25) is 28.8 Å². The summed E-state index contributed by atoms with van der Waals surface area (Å²) in [5.74, 6) is -11.8. The van der Waals surface area contributed by atoms with E-state index in [0.717, 1.165) is 0 Å². The Kier molecular flexibility index (Phi) is 41.3. The molecule has 0 radical (unpaired) electrons. The Balaban J connectivity index is -0.000000123. The first kappa shape index (κ1) is 55.5. The Hall–Kier alpha value is -1.89. The van der Waals surface area contributed by atoms with Crippen molar-refractivity contribution in [3.8, 4) is 0 Å². The van der Waals surface area contributed by atoms with E-state index in [9.17, 15) is 58.5 Å². The Morgan fingerprint density at radius 2 is 0.600 bits per heavy atom. The number of hydrogen-bond donors (Lipinski definition) is 9. The fraction of sp³-hybridized carbons (Fsp3) is 0.571. The van der Waals surface area contributed by atoms with E-state index in [1.54, 1.807) is 0 Å². The van der Waals surface area contributed by atoms with Gasteiger partial charge in [0.1, 0.15) is 18.1 Å². The molecule has 45 heavy (non-hydrogen) atoms. The van der Waals surface area contributed by atoms with Crippen LogP contribution in [0.2, 0.25) is 0 Å². The van der Waals surface area contributed by atoms with Crippen molar-refractivity contribution in [3.63, 3.8) is 0 Å². The number of carbonyl (C=O) groups excluding carboxylic acids is 3. The van der Waals surface area contributed by atoms with Gasteiger partial charge < -0.3 is 76.3 Å². The van der Waals surface area contributed by atoms with E-state index in [4.69, 9.17) is 30.6 Å². The van der Waals surface area contributed by atoms with Crippen LogP contribution in [0.1, 0.15) is 38.5 Å². The summed E-state index contributed by atoms with van der Waals surface area (Å²) in [7, 11) is 0. The molecule has 9 N–H and O–H groups in total. The van der Waals surface area contributed by atoms with E-state index in [1.807, 2.05) is 0 Å². The Morgan fingerprint density at radius 1 is 0.422 bits per heavy atom. The third-order valence-corrected chi connectivity index (χ3v) is 4.20. The van der Waals surface area contributed by atoms with Crippen molar-refractivity contribution < 1.29 is 178 Å². The standard InChI is InChI=1S/3C7H11NO6.3Na/c3*9-5(10)1-2-8-4(7(13)14)3-6(11)12;;;/h3*4,8H,1-3H2,(H,9,10)(H,11,12)(H,13,14);;;/q;;;3*+1/p-3/t3*4-;;;/m000.../s1. The molecule has 0 fully saturated rings. The summed E-state index contributed by atoms with van der Waals surface area (Å²) in [6, 6.07) is -3.92. The molecule has 0 bridgehead atoms. The summed E-state index contributed by atoms with van der Waals surface area (Å²) in [6.45, 7) is -0.293. The number of rotatable bonds is 21. The number of carboxylic acid groups (broad SMARTS) is 9. The van der Waals surface area contributed by atoms with Gasteiger partial charge in [0.15, 0.2) is 0 Å². The molecule has 0 aliphatic heterocycles. The predicted octanol–water partition coefficient (Wildman–Crippen LogP) is -16.1. The van der Waals surface area contributed by atoms with E-state index < -0.39 is 91.1 Å². The third kappa shape index (κ3) is 42.1. The molecule has 0 saturated heterocycles. The number of carbonyl (C=O) groups is 9. The number of aliphatic carboxylic acids is 9. The van der Waals surface area contributed by atoms with Gasteiger partial charge in [-0.25, -0.2) is 0 Å². The maximum atomic E-state index is 10.4. The van der Waals surface area contributed by atoms with Gasteiger partial charge in [0.25, 0.3) is 0 Å². The van der Waals surface area contributed by atoms with Gasteiger partial charge in [0, 0.05) is 56.8 Å². The number of hydrogen-bond acceptors (Lipinski definition) is 15. The van der Waals surface area contributed by atoms with Crippen molar-refractivity contribution in [1.82, 2.24) is 16.0 Å². The minimum Gasteiger partial charge on any atom is -0.550 e. The van der Waals surface area contributed by atoms with Crippen LogP contribution in [-0.4, -0.2) is 122 Å². The third-order valence-electron chi connectivity index (χ3n) is 4.20. The van der Waals surface area contributed by atoms with Crippen LogP contribution >= 0.6 is 0 Å². The molecule has 0 saturated carbocycles. The topological polar surface area (TPSA) is 380 Å². The normalized spacial score (nSPS) is 11.2. The summed E-state index contributed by atoms with van der Waals surface area (Å²) < 4.78 is 0. The van der Waals surface area contributed by atoms with Crippen LogP contribution in [0.15, 0.2) is 0 Å². The molecule has 240 valence electrons. The fourth-order valence-corrected chi connectivity index (χ4v) is 2.30. The van der Waals surface area contributed by atoms with E-state index in [1.165, 1.54) is 0 Å². The molecule has 0 aliphatic rings. The molecule has 0 unspecified atom stereocenters. The van der Waals surface area contributed by atoms with E-state index >= 15 is 0 Å². The summed E-state index contributed by atoms with van der Waals surface area (Å²) in [6.07, 6.45) is -2.86. The second-order valence-electron chi connectivity index (χ2n) is 7.69. The van der Waals surface area contributed by atoms with Crippen molar-refractivity contribution in [1.29, 1.82) is 0 Å². The van der Waals surface area contributed by atoms with Crippen LogP contribution in [0.4, 0.5) is 0 Å². The van der Waals surface area contributed by atoms with Crippen LogP contribution in [0, 0.1) is 0 Å². The number of nitrogens with one attached hydrogen (secondary N) is 3. The first-order valence-electron chi connectivity index (χ1n) is 11.4. The second kappa shape index (κ2) is 33.5. The molecule has 21 nitrogen and oxygen atoms in total. The summed E-state index contributed by atoms with van der Waals surface area (Å²) in [4.78, 5) is 91.6. The Labute approximate surface area is 321 Å². The van der Waals surface area contributed by atoms with Crippen molar-refractivity contribution in [3.05, 3.63) is 0 Å². The molecule has 24 heteroatoms. The molecule has 3 atom stereocenters. The molecule has 0 aromatic rings. The van der Waals surface area contributed by atoms with Gasteiger partial charge in [0.2, 0.25) is 0 Å². The molecule has 0 spiro atoms. The molecule has 0 aromatic heterocycles. The van der Waals surface area contributed by atoms with Gasteiger partial charge in [-0.15, -0.1) is 0 Å². The van der Waals surface area contributed by atoms with Gasteiger partial charge in [-0.1, -0.05) is 0 Å². The summed E-state index contributed by atoms with van der Waals surface area (Å²) in [5.41, 5.74) is 0. The smallest absolute Gasteiger partial charge is 0.550 e. The van der Waals surface area contributed by atoms with Gasteiger partial charge >= 0.3 is 124 Å². The monoisotopic (exact) mass is 681 g/mol. The predicted molar refractivity (Wildman–Crippen MR) is 124 cm³/mol. The van der Waals surface area contributed by atoms with Crippen molar-refractivity contribution in [2.24, 2.45) is 0 Å². The van der Waals surface area contributed by atoms with Crippen molar-refractivity contribution >= 4 is 53.7 Å². The van der Waals surface area contributed by atoms with Gasteiger partial charge in [-0.2, -0.15) is 0 Å². The molecule has 0 heterocycles. The summed E-state index contributed by atoms with van der Waals surface area (Å²) in [5, 5.41) is 87.2. The molecule has 0 amide bonds. The zero-order valence-corrected chi connectivity index (χ0v) is 30.7. The molecule has 0 rings (SSSR count). The maximum absolute atomic E-state index is 10.4. The van der Waals surface area contributed by atoms with Crippen LogP contribution in [-0.2, 0) is 43.2 Å². The average molecular weight is 681 g/mol. The molecule has 0 aliphatic carbocycles. The van der Waals surface area contributed by atoms with E-state index in [2.05, 4.69) is 16.0 Å². The largest absolute Gasteiger partial charge is 1.00 e. The average Bonchev–Trinajstić information content (AvgIpc) is 2.81. The van der Waals surface area contributed by atoms with Crippen LogP contribution in [0.3, 0.4) is 0 Å². The Morgan fingerprint density at radius 3 is 0.711 bits per heavy atom. The first-order chi connectivity index (χ1) is 19.3.